The molecule has 0 aromatic carbocycles. The van der Waals surface area contributed by atoms with Gasteiger partial charge in [0.25, 0.3) is 0 Å². The molecule has 1 N–H and O–H groups in total. The van der Waals surface area contributed by atoms with Crippen LogP contribution in [0.2, 0.25) is 5.02 Å². The Labute approximate surface area is 118 Å². The molecular formula is C13H20ClN5. The van der Waals surface area contributed by atoms with Crippen molar-refractivity contribution in [3.05, 3.63) is 34.4 Å². The summed E-state index contributed by atoms with van der Waals surface area (Å²) in [6.07, 6.45) is 4.76. The van der Waals surface area contributed by atoms with Crippen molar-refractivity contribution in [2.45, 2.75) is 39.9 Å². The molecule has 2 aromatic heterocycles. The Kier molecular flexibility index (Phi) is 4.61. The maximum absolute atomic E-state index is 6.39. The van der Waals surface area contributed by atoms with Crippen LogP contribution in [0.1, 0.15) is 30.8 Å². The summed E-state index contributed by atoms with van der Waals surface area (Å²) in [6, 6.07) is 0. The lowest BCUT2D eigenvalue weighted by Gasteiger charge is -2.05. The Morgan fingerprint density at radius 2 is 2.16 bits per heavy atom. The van der Waals surface area contributed by atoms with Crippen LogP contribution in [0, 0.1) is 0 Å². The van der Waals surface area contributed by atoms with Gasteiger partial charge in [-0.3, -0.25) is 9.36 Å². The Morgan fingerprint density at radius 1 is 1.37 bits per heavy atom. The van der Waals surface area contributed by atoms with Gasteiger partial charge in [0.05, 0.1) is 29.2 Å². The maximum atomic E-state index is 6.39. The van der Waals surface area contributed by atoms with E-state index >= 15 is 0 Å². The van der Waals surface area contributed by atoms with Gasteiger partial charge in [-0.05, 0) is 20.4 Å². The summed E-state index contributed by atoms with van der Waals surface area (Å²) in [7, 11) is 1.92. The first-order valence-electron chi connectivity index (χ1n) is 6.59. The number of halogens is 1. The van der Waals surface area contributed by atoms with Crippen molar-refractivity contribution in [3.8, 4) is 0 Å². The third-order valence-electron chi connectivity index (χ3n) is 3.07. The Balaban J connectivity index is 2.23. The number of hydrogen-bond acceptors (Lipinski definition) is 3. The summed E-state index contributed by atoms with van der Waals surface area (Å²) in [5, 5.41) is 12.8. The highest BCUT2D eigenvalue weighted by molar-refractivity contribution is 6.31. The van der Waals surface area contributed by atoms with Crippen LogP contribution in [-0.4, -0.2) is 26.6 Å². The zero-order valence-corrected chi connectivity index (χ0v) is 12.4. The van der Waals surface area contributed by atoms with E-state index in [1.165, 1.54) is 0 Å². The minimum Gasteiger partial charge on any atom is -0.316 e. The fraction of sp³-hybridized carbons (Fsp3) is 0.538. The predicted molar refractivity (Wildman–Crippen MR) is 76.4 cm³/mol. The van der Waals surface area contributed by atoms with Crippen molar-refractivity contribution in [1.82, 2.24) is 24.9 Å². The first-order chi connectivity index (χ1) is 9.19. The largest absolute Gasteiger partial charge is 0.316 e. The predicted octanol–water partition coefficient (Wildman–Crippen LogP) is 2.08. The summed E-state index contributed by atoms with van der Waals surface area (Å²) in [4.78, 5) is 0. The lowest BCUT2D eigenvalue weighted by Crippen LogP contribution is -2.09. The third kappa shape index (κ3) is 2.98. The molecule has 0 radical (unpaired) electrons. The Bertz CT molecular complexity index is 543. The summed E-state index contributed by atoms with van der Waals surface area (Å²) in [6.45, 7) is 6.43. The molecule has 0 unspecified atom stereocenters. The second-order valence-corrected chi connectivity index (χ2v) is 4.83. The smallest absolute Gasteiger partial charge is 0.0869 e. The second-order valence-electron chi connectivity index (χ2n) is 4.45. The Hall–Kier alpha value is -1.33. The lowest BCUT2D eigenvalue weighted by molar-refractivity contribution is 0.573. The number of nitrogens with one attached hydrogen (secondary N) is 1. The molecule has 2 heterocycles. The topological polar surface area (TPSA) is 47.7 Å². The van der Waals surface area contributed by atoms with Gasteiger partial charge in [0.15, 0.2) is 0 Å². The molecule has 0 amide bonds. The van der Waals surface area contributed by atoms with Gasteiger partial charge in [-0.15, -0.1) is 0 Å². The number of aromatic nitrogens is 4. The molecule has 0 bridgehead atoms. The molecular weight excluding hydrogens is 262 g/mol. The van der Waals surface area contributed by atoms with E-state index in [2.05, 4.69) is 29.4 Å². The highest BCUT2D eigenvalue weighted by Crippen LogP contribution is 2.22. The first kappa shape index (κ1) is 14.1. The van der Waals surface area contributed by atoms with E-state index in [1.807, 2.05) is 28.8 Å². The molecule has 0 aliphatic carbocycles. The van der Waals surface area contributed by atoms with Crippen LogP contribution in [0.4, 0.5) is 0 Å². The summed E-state index contributed by atoms with van der Waals surface area (Å²) < 4.78 is 3.86. The van der Waals surface area contributed by atoms with E-state index in [1.54, 1.807) is 0 Å². The number of rotatable bonds is 6. The van der Waals surface area contributed by atoms with Crippen molar-refractivity contribution in [3.63, 3.8) is 0 Å². The van der Waals surface area contributed by atoms with Crippen LogP contribution in [0.25, 0.3) is 0 Å². The fourth-order valence-corrected chi connectivity index (χ4v) is 2.44. The Morgan fingerprint density at radius 3 is 2.79 bits per heavy atom. The standard InChI is InChI=1S/C13H20ClN5/c1-4-11-13(14)12(19(5-2)17-11)9-18-8-10(6-15-3)7-16-18/h7-8,15H,4-6,9H2,1-3H3. The van der Waals surface area contributed by atoms with Crippen LogP contribution in [-0.2, 0) is 26.1 Å². The highest BCUT2D eigenvalue weighted by atomic mass is 35.5. The first-order valence-corrected chi connectivity index (χ1v) is 6.97. The second kappa shape index (κ2) is 6.21. The summed E-state index contributed by atoms with van der Waals surface area (Å²) in [5.74, 6) is 0. The van der Waals surface area contributed by atoms with Gasteiger partial charge in [0.1, 0.15) is 0 Å². The van der Waals surface area contributed by atoms with Gasteiger partial charge < -0.3 is 5.32 Å². The summed E-state index contributed by atoms with van der Waals surface area (Å²) >= 11 is 6.39. The quantitative estimate of drug-likeness (QED) is 0.882. The molecule has 0 atom stereocenters. The molecule has 0 fully saturated rings. The van der Waals surface area contributed by atoms with Crippen molar-refractivity contribution in [2.24, 2.45) is 0 Å². The number of aryl methyl sites for hydroxylation is 2. The molecule has 2 aromatic rings. The van der Waals surface area contributed by atoms with Crippen molar-refractivity contribution < 1.29 is 0 Å². The zero-order chi connectivity index (χ0) is 13.8. The van der Waals surface area contributed by atoms with Gasteiger partial charge in [0, 0.05) is 24.8 Å². The van der Waals surface area contributed by atoms with E-state index in [-0.39, 0.29) is 0 Å². The minimum absolute atomic E-state index is 0.656. The maximum Gasteiger partial charge on any atom is 0.0869 e. The van der Waals surface area contributed by atoms with Gasteiger partial charge in [0.2, 0.25) is 0 Å². The molecule has 19 heavy (non-hydrogen) atoms. The van der Waals surface area contributed by atoms with E-state index in [4.69, 9.17) is 11.6 Å². The lowest BCUT2D eigenvalue weighted by atomic mass is 10.3. The molecule has 0 spiro atoms. The molecule has 0 aliphatic rings. The van der Waals surface area contributed by atoms with Crippen molar-refractivity contribution in [2.75, 3.05) is 7.05 Å². The van der Waals surface area contributed by atoms with Gasteiger partial charge in [-0.1, -0.05) is 18.5 Å². The van der Waals surface area contributed by atoms with E-state index in [9.17, 15) is 0 Å². The average Bonchev–Trinajstić information content (AvgIpc) is 2.97. The van der Waals surface area contributed by atoms with Crippen molar-refractivity contribution in [1.29, 1.82) is 0 Å². The summed E-state index contributed by atoms with van der Waals surface area (Å²) in [5.41, 5.74) is 3.15. The van der Waals surface area contributed by atoms with Crippen LogP contribution in [0.3, 0.4) is 0 Å². The van der Waals surface area contributed by atoms with Gasteiger partial charge in [-0.2, -0.15) is 10.2 Å². The van der Waals surface area contributed by atoms with Gasteiger partial charge in [-0.25, -0.2) is 0 Å². The normalized spacial score (nSPS) is 11.2. The van der Waals surface area contributed by atoms with E-state index in [0.717, 1.165) is 41.5 Å². The molecule has 6 heteroatoms. The van der Waals surface area contributed by atoms with E-state index < -0.39 is 0 Å². The fourth-order valence-electron chi connectivity index (χ4n) is 2.11. The molecule has 0 aliphatic heterocycles. The van der Waals surface area contributed by atoms with Crippen LogP contribution >= 0.6 is 11.6 Å². The van der Waals surface area contributed by atoms with E-state index in [0.29, 0.717) is 6.54 Å². The molecule has 104 valence electrons. The van der Waals surface area contributed by atoms with Crippen LogP contribution in [0.5, 0.6) is 0 Å². The number of hydrogen-bond donors (Lipinski definition) is 1. The third-order valence-corrected chi connectivity index (χ3v) is 3.51. The molecule has 0 saturated carbocycles. The van der Waals surface area contributed by atoms with Crippen LogP contribution in [0.15, 0.2) is 12.4 Å². The molecule has 5 nitrogen and oxygen atoms in total. The number of nitrogens with zero attached hydrogens (tertiary/aromatic N) is 4. The monoisotopic (exact) mass is 281 g/mol. The highest BCUT2D eigenvalue weighted by Gasteiger charge is 2.14. The van der Waals surface area contributed by atoms with Crippen LogP contribution < -0.4 is 5.32 Å². The zero-order valence-electron chi connectivity index (χ0n) is 11.6. The molecule has 0 saturated heterocycles. The molecule has 2 rings (SSSR count). The minimum atomic E-state index is 0.656. The van der Waals surface area contributed by atoms with Gasteiger partial charge >= 0.3 is 0 Å². The average molecular weight is 282 g/mol. The van der Waals surface area contributed by atoms with Crippen molar-refractivity contribution >= 4 is 11.6 Å². The SMILES string of the molecule is CCc1nn(CC)c(Cn2cc(CNC)cn2)c1Cl.